The van der Waals surface area contributed by atoms with Gasteiger partial charge in [0.1, 0.15) is 21.2 Å². The number of hydrogen-bond acceptors (Lipinski definition) is 7. The van der Waals surface area contributed by atoms with Gasteiger partial charge in [-0.25, -0.2) is 13.2 Å². The monoisotopic (exact) mass is 436 g/mol. The Hall–Kier alpha value is -2.39. The molecular weight excluding hydrogens is 408 g/mol. The highest BCUT2D eigenvalue weighted by molar-refractivity contribution is 7.90. The maximum absolute atomic E-state index is 12.6. The first-order chi connectivity index (χ1) is 14.2. The number of piperazine rings is 1. The Morgan fingerprint density at radius 3 is 2.53 bits per heavy atom. The van der Waals surface area contributed by atoms with Gasteiger partial charge in [-0.1, -0.05) is 0 Å². The van der Waals surface area contributed by atoms with Gasteiger partial charge in [0.2, 0.25) is 5.91 Å². The Morgan fingerprint density at radius 2 is 1.90 bits per heavy atom. The van der Waals surface area contributed by atoms with Crippen LogP contribution in [0.4, 0.5) is 0 Å². The van der Waals surface area contributed by atoms with Crippen LogP contribution in [-0.4, -0.2) is 76.0 Å². The van der Waals surface area contributed by atoms with Gasteiger partial charge in [-0.15, -0.1) is 0 Å². The number of rotatable bonds is 7. The molecule has 9 heteroatoms. The highest BCUT2D eigenvalue weighted by atomic mass is 32.2. The molecule has 0 unspecified atom stereocenters. The molecule has 1 aliphatic heterocycles. The first-order valence-corrected chi connectivity index (χ1v) is 12.0. The van der Waals surface area contributed by atoms with Crippen molar-refractivity contribution in [3.8, 4) is 5.75 Å². The lowest BCUT2D eigenvalue weighted by Gasteiger charge is -2.34. The van der Waals surface area contributed by atoms with E-state index in [2.05, 4.69) is 4.90 Å². The van der Waals surface area contributed by atoms with E-state index in [9.17, 15) is 18.0 Å². The number of aryl methyl sites for hydroxylation is 1. The van der Waals surface area contributed by atoms with E-state index in [-0.39, 0.29) is 18.1 Å². The molecule has 1 aromatic heterocycles. The summed E-state index contributed by atoms with van der Waals surface area (Å²) in [6, 6.07) is 5.35. The van der Waals surface area contributed by atoms with Crippen LogP contribution in [-0.2, 0) is 21.1 Å². The first kappa shape index (κ1) is 22.3. The second-order valence-corrected chi connectivity index (χ2v) is 9.97. The second-order valence-electron chi connectivity index (χ2n) is 7.71. The standard InChI is InChI=1S/C21H28N2O6S/c1-15-17-5-4-16(28-2)14-19(17)29-21(25)18(15)6-7-20(24)23-10-8-22(9-11-23)12-13-30(3,26)27/h4-5,14H,6-13H2,1-3H3. The fourth-order valence-electron chi connectivity index (χ4n) is 3.70. The van der Waals surface area contributed by atoms with Crippen molar-refractivity contribution in [1.29, 1.82) is 0 Å². The van der Waals surface area contributed by atoms with Crippen molar-refractivity contribution in [3.05, 3.63) is 39.7 Å². The number of amides is 1. The largest absolute Gasteiger partial charge is 0.497 e. The van der Waals surface area contributed by atoms with E-state index in [0.29, 0.717) is 56.0 Å². The van der Waals surface area contributed by atoms with E-state index in [1.807, 2.05) is 19.1 Å². The molecule has 30 heavy (non-hydrogen) atoms. The van der Waals surface area contributed by atoms with E-state index in [1.165, 1.54) is 6.26 Å². The van der Waals surface area contributed by atoms with Crippen molar-refractivity contribution in [2.24, 2.45) is 0 Å². The summed E-state index contributed by atoms with van der Waals surface area (Å²) < 4.78 is 33.2. The van der Waals surface area contributed by atoms with Crippen molar-refractivity contribution in [2.45, 2.75) is 19.8 Å². The number of carbonyl (C=O) groups is 1. The highest BCUT2D eigenvalue weighted by Crippen LogP contribution is 2.24. The Morgan fingerprint density at radius 1 is 1.20 bits per heavy atom. The van der Waals surface area contributed by atoms with Crippen LogP contribution in [0.5, 0.6) is 5.75 Å². The maximum Gasteiger partial charge on any atom is 0.339 e. The summed E-state index contributed by atoms with van der Waals surface area (Å²) in [5, 5.41) is 0.831. The van der Waals surface area contributed by atoms with E-state index < -0.39 is 15.5 Å². The number of methoxy groups -OCH3 is 1. The molecule has 3 rings (SSSR count). The lowest BCUT2D eigenvalue weighted by atomic mass is 10.0. The smallest absolute Gasteiger partial charge is 0.339 e. The summed E-state index contributed by atoms with van der Waals surface area (Å²) in [5.41, 5.74) is 1.39. The Kier molecular flexibility index (Phi) is 6.82. The predicted octanol–water partition coefficient (Wildman–Crippen LogP) is 1.23. The number of sulfone groups is 1. The molecule has 1 saturated heterocycles. The summed E-state index contributed by atoms with van der Waals surface area (Å²) in [5.74, 6) is 0.735. The van der Waals surface area contributed by atoms with Gasteiger partial charge in [0, 0.05) is 62.4 Å². The van der Waals surface area contributed by atoms with E-state index in [1.54, 1.807) is 18.1 Å². The molecule has 0 radical (unpaired) electrons. The summed E-state index contributed by atoms with van der Waals surface area (Å²) in [4.78, 5) is 28.9. The Bertz CT molecular complexity index is 1080. The van der Waals surface area contributed by atoms with Crippen LogP contribution >= 0.6 is 0 Å². The van der Waals surface area contributed by atoms with Gasteiger partial charge in [0.05, 0.1) is 12.9 Å². The van der Waals surface area contributed by atoms with Crippen LogP contribution in [0.3, 0.4) is 0 Å². The molecule has 8 nitrogen and oxygen atoms in total. The summed E-state index contributed by atoms with van der Waals surface area (Å²) >= 11 is 0. The van der Waals surface area contributed by atoms with Gasteiger partial charge in [-0.05, 0) is 31.0 Å². The lowest BCUT2D eigenvalue weighted by Crippen LogP contribution is -2.49. The fraction of sp³-hybridized carbons (Fsp3) is 0.524. The van der Waals surface area contributed by atoms with Crippen LogP contribution in [0.25, 0.3) is 11.0 Å². The molecule has 2 heterocycles. The van der Waals surface area contributed by atoms with Crippen LogP contribution < -0.4 is 10.4 Å². The molecule has 1 aliphatic rings. The number of hydrogen-bond donors (Lipinski definition) is 0. The van der Waals surface area contributed by atoms with Gasteiger partial charge in [0.25, 0.3) is 0 Å². The van der Waals surface area contributed by atoms with Gasteiger partial charge in [-0.2, -0.15) is 0 Å². The highest BCUT2D eigenvalue weighted by Gasteiger charge is 2.22. The molecule has 0 atom stereocenters. The maximum atomic E-state index is 12.6. The predicted molar refractivity (Wildman–Crippen MR) is 115 cm³/mol. The number of fused-ring (bicyclic) bond motifs is 1. The number of benzene rings is 1. The topological polar surface area (TPSA) is 97.1 Å². The van der Waals surface area contributed by atoms with Gasteiger partial charge in [-0.3, -0.25) is 9.69 Å². The van der Waals surface area contributed by atoms with Crippen molar-refractivity contribution < 1.29 is 22.4 Å². The summed E-state index contributed by atoms with van der Waals surface area (Å²) in [7, 11) is -1.43. The van der Waals surface area contributed by atoms with E-state index >= 15 is 0 Å². The van der Waals surface area contributed by atoms with Gasteiger partial charge >= 0.3 is 5.63 Å². The minimum absolute atomic E-state index is 0.00797. The molecule has 0 bridgehead atoms. The van der Waals surface area contributed by atoms with Crippen molar-refractivity contribution in [1.82, 2.24) is 9.80 Å². The lowest BCUT2D eigenvalue weighted by molar-refractivity contribution is -0.132. The third-order valence-corrected chi connectivity index (χ3v) is 6.51. The minimum Gasteiger partial charge on any atom is -0.497 e. The number of carbonyl (C=O) groups excluding carboxylic acids is 1. The van der Waals surface area contributed by atoms with Crippen molar-refractivity contribution in [2.75, 3.05) is 51.8 Å². The van der Waals surface area contributed by atoms with Crippen molar-refractivity contribution >= 4 is 26.7 Å². The van der Waals surface area contributed by atoms with E-state index in [4.69, 9.17) is 9.15 Å². The molecule has 1 fully saturated rings. The fourth-order valence-corrected chi connectivity index (χ4v) is 4.29. The van der Waals surface area contributed by atoms with Crippen molar-refractivity contribution in [3.63, 3.8) is 0 Å². The zero-order valence-corrected chi connectivity index (χ0v) is 18.5. The molecular formula is C21H28N2O6S. The number of nitrogens with zero attached hydrogens (tertiary/aromatic N) is 2. The minimum atomic E-state index is -2.99. The van der Waals surface area contributed by atoms with Crippen LogP contribution in [0.2, 0.25) is 0 Å². The van der Waals surface area contributed by atoms with Gasteiger partial charge in [0.15, 0.2) is 0 Å². The quantitative estimate of drug-likeness (QED) is 0.602. The molecule has 0 N–H and O–H groups in total. The SMILES string of the molecule is COc1ccc2c(C)c(CCC(=O)N3CCN(CCS(C)(=O)=O)CC3)c(=O)oc2c1. The zero-order chi connectivity index (χ0) is 21.9. The molecule has 164 valence electrons. The second kappa shape index (κ2) is 9.18. The molecule has 2 aromatic rings. The first-order valence-electron chi connectivity index (χ1n) is 9.96. The van der Waals surface area contributed by atoms with Gasteiger partial charge < -0.3 is 14.1 Å². The normalized spacial score (nSPS) is 15.5. The molecule has 0 saturated carbocycles. The summed E-state index contributed by atoms with van der Waals surface area (Å²) in [6.07, 6.45) is 1.79. The Balaban J connectivity index is 1.60. The molecule has 0 spiro atoms. The third kappa shape index (κ3) is 5.40. The Labute approximate surface area is 176 Å². The summed E-state index contributed by atoms with van der Waals surface area (Å²) in [6.45, 7) is 4.79. The van der Waals surface area contributed by atoms with Crippen LogP contribution in [0, 0.1) is 6.92 Å². The third-order valence-electron chi connectivity index (χ3n) is 5.59. The van der Waals surface area contributed by atoms with Crippen LogP contribution in [0.1, 0.15) is 17.5 Å². The molecule has 1 amide bonds. The average molecular weight is 437 g/mol. The van der Waals surface area contributed by atoms with E-state index in [0.717, 1.165) is 10.9 Å². The average Bonchev–Trinajstić information content (AvgIpc) is 2.71. The molecule has 1 aromatic carbocycles. The number of ether oxygens (including phenoxy) is 1. The molecule has 0 aliphatic carbocycles. The van der Waals surface area contributed by atoms with Crippen LogP contribution in [0.15, 0.2) is 27.4 Å². The zero-order valence-electron chi connectivity index (χ0n) is 17.6.